The summed E-state index contributed by atoms with van der Waals surface area (Å²) in [6.07, 6.45) is 0. The van der Waals surface area contributed by atoms with Crippen molar-refractivity contribution >= 4 is 23.2 Å². The molecule has 0 spiro atoms. The van der Waals surface area contributed by atoms with Gasteiger partial charge >= 0.3 is 0 Å². The number of piperazine rings is 1. The van der Waals surface area contributed by atoms with Gasteiger partial charge in [-0.3, -0.25) is 9.80 Å². The van der Waals surface area contributed by atoms with E-state index < -0.39 is 0 Å². The molecule has 20 heavy (non-hydrogen) atoms. The van der Waals surface area contributed by atoms with E-state index in [4.69, 9.17) is 23.2 Å². The summed E-state index contributed by atoms with van der Waals surface area (Å²) in [5.74, 6) is 0. The Balaban J connectivity index is 1.63. The van der Waals surface area contributed by atoms with Crippen molar-refractivity contribution in [1.82, 2.24) is 15.1 Å². The molecule has 0 aromatic heterocycles. The van der Waals surface area contributed by atoms with Gasteiger partial charge in [0, 0.05) is 51.4 Å². The highest BCUT2D eigenvalue weighted by Crippen LogP contribution is 2.33. The zero-order valence-electron chi connectivity index (χ0n) is 11.8. The van der Waals surface area contributed by atoms with Crippen LogP contribution in [0.2, 0.25) is 10.0 Å². The standard InChI is InChI=1S/C15H21Cl2N3/c1-11(13-3-2-4-14(16)15(13)17)19-5-7-20(8-6-19)12-9-18-10-12/h2-4,11-12,18H,5-10H2,1H3. The molecular formula is C15H21Cl2N3. The molecule has 3 nitrogen and oxygen atoms in total. The van der Waals surface area contributed by atoms with Crippen LogP contribution in [0.1, 0.15) is 18.5 Å². The SMILES string of the molecule is CC(c1cccc(Cl)c1Cl)N1CCN(C2CNC2)CC1. The van der Waals surface area contributed by atoms with Gasteiger partial charge in [-0.1, -0.05) is 35.3 Å². The van der Waals surface area contributed by atoms with Gasteiger partial charge in [-0.05, 0) is 18.6 Å². The summed E-state index contributed by atoms with van der Waals surface area (Å²) in [5.41, 5.74) is 1.14. The molecular weight excluding hydrogens is 293 g/mol. The minimum Gasteiger partial charge on any atom is -0.314 e. The third-order valence-electron chi connectivity index (χ3n) is 4.60. The van der Waals surface area contributed by atoms with Crippen LogP contribution in [-0.2, 0) is 0 Å². The maximum atomic E-state index is 6.34. The second-order valence-electron chi connectivity index (χ2n) is 5.70. The van der Waals surface area contributed by atoms with Crippen LogP contribution in [0.25, 0.3) is 0 Å². The lowest BCUT2D eigenvalue weighted by Crippen LogP contribution is -2.61. The molecule has 0 aliphatic carbocycles. The fourth-order valence-electron chi connectivity index (χ4n) is 3.06. The smallest absolute Gasteiger partial charge is 0.0640 e. The van der Waals surface area contributed by atoms with Gasteiger partial charge in [0.15, 0.2) is 0 Å². The average molecular weight is 314 g/mol. The summed E-state index contributed by atoms with van der Waals surface area (Å²) in [5, 5.41) is 4.69. The first-order chi connectivity index (χ1) is 9.66. The lowest BCUT2D eigenvalue weighted by Gasteiger charge is -2.44. The molecule has 1 aromatic rings. The second kappa shape index (κ2) is 6.20. The van der Waals surface area contributed by atoms with E-state index in [2.05, 4.69) is 28.1 Å². The van der Waals surface area contributed by atoms with E-state index in [1.807, 2.05) is 12.1 Å². The number of halogens is 2. The maximum Gasteiger partial charge on any atom is 0.0640 e. The molecule has 1 unspecified atom stereocenters. The molecule has 0 bridgehead atoms. The largest absolute Gasteiger partial charge is 0.314 e. The first kappa shape index (κ1) is 14.6. The highest BCUT2D eigenvalue weighted by molar-refractivity contribution is 6.42. The molecule has 5 heteroatoms. The number of nitrogens with zero attached hydrogens (tertiary/aromatic N) is 2. The van der Waals surface area contributed by atoms with Crippen molar-refractivity contribution < 1.29 is 0 Å². The second-order valence-corrected chi connectivity index (χ2v) is 6.49. The van der Waals surface area contributed by atoms with Crippen molar-refractivity contribution in [2.45, 2.75) is 19.0 Å². The molecule has 1 N–H and O–H groups in total. The molecule has 1 aromatic carbocycles. The molecule has 0 amide bonds. The molecule has 2 heterocycles. The van der Waals surface area contributed by atoms with E-state index >= 15 is 0 Å². The zero-order chi connectivity index (χ0) is 14.1. The molecule has 2 aliphatic heterocycles. The summed E-state index contributed by atoms with van der Waals surface area (Å²) in [6.45, 7) is 9.01. The van der Waals surface area contributed by atoms with E-state index in [1.54, 1.807) is 0 Å². The van der Waals surface area contributed by atoms with Gasteiger partial charge in [0.2, 0.25) is 0 Å². The van der Waals surface area contributed by atoms with E-state index in [0.29, 0.717) is 16.1 Å². The van der Waals surface area contributed by atoms with Crippen molar-refractivity contribution in [3.8, 4) is 0 Å². The van der Waals surface area contributed by atoms with Gasteiger partial charge < -0.3 is 5.32 Å². The topological polar surface area (TPSA) is 18.5 Å². The first-order valence-corrected chi connectivity index (χ1v) is 8.05. The van der Waals surface area contributed by atoms with Crippen LogP contribution in [-0.4, -0.2) is 55.1 Å². The monoisotopic (exact) mass is 313 g/mol. The van der Waals surface area contributed by atoms with E-state index in [9.17, 15) is 0 Å². The number of nitrogens with one attached hydrogen (secondary N) is 1. The van der Waals surface area contributed by atoms with Gasteiger partial charge in [0.25, 0.3) is 0 Å². The number of rotatable bonds is 3. The molecule has 110 valence electrons. The van der Waals surface area contributed by atoms with Crippen LogP contribution in [0.5, 0.6) is 0 Å². The van der Waals surface area contributed by atoms with Crippen LogP contribution >= 0.6 is 23.2 Å². The van der Waals surface area contributed by atoms with Crippen molar-refractivity contribution in [3.05, 3.63) is 33.8 Å². The van der Waals surface area contributed by atoms with Crippen molar-refractivity contribution in [2.24, 2.45) is 0 Å². The lowest BCUT2D eigenvalue weighted by molar-refractivity contribution is 0.0552. The van der Waals surface area contributed by atoms with Gasteiger partial charge in [-0.25, -0.2) is 0 Å². The molecule has 1 atom stereocenters. The number of benzene rings is 1. The van der Waals surface area contributed by atoms with Crippen LogP contribution in [0.3, 0.4) is 0 Å². The Labute approximate surface area is 130 Å². The summed E-state index contributed by atoms with van der Waals surface area (Å²) in [6, 6.07) is 6.99. The minimum atomic E-state index is 0.322. The molecule has 3 rings (SSSR count). The Morgan fingerprint density at radius 2 is 1.85 bits per heavy atom. The summed E-state index contributed by atoms with van der Waals surface area (Å²) < 4.78 is 0. The minimum absolute atomic E-state index is 0.322. The van der Waals surface area contributed by atoms with Crippen LogP contribution in [0, 0.1) is 0 Å². The quantitative estimate of drug-likeness (QED) is 0.925. The zero-order valence-corrected chi connectivity index (χ0v) is 13.3. The lowest BCUT2D eigenvalue weighted by atomic mass is 10.0. The molecule has 2 aliphatic rings. The molecule has 2 fully saturated rings. The fraction of sp³-hybridized carbons (Fsp3) is 0.600. The van der Waals surface area contributed by atoms with Crippen molar-refractivity contribution in [2.75, 3.05) is 39.3 Å². The predicted octanol–water partition coefficient (Wildman–Crippen LogP) is 2.64. The van der Waals surface area contributed by atoms with Crippen LogP contribution < -0.4 is 5.32 Å². The molecule has 0 radical (unpaired) electrons. The van der Waals surface area contributed by atoms with Crippen molar-refractivity contribution in [1.29, 1.82) is 0 Å². The average Bonchev–Trinajstić information content (AvgIpc) is 2.40. The normalized spacial score (nSPS) is 23.6. The van der Waals surface area contributed by atoms with Crippen molar-refractivity contribution in [3.63, 3.8) is 0 Å². The molecule has 2 saturated heterocycles. The fourth-order valence-corrected chi connectivity index (χ4v) is 3.53. The van der Waals surface area contributed by atoms with Gasteiger partial charge in [-0.15, -0.1) is 0 Å². The summed E-state index contributed by atoms with van der Waals surface area (Å²) in [7, 11) is 0. The first-order valence-electron chi connectivity index (χ1n) is 7.29. The van der Waals surface area contributed by atoms with Crippen LogP contribution in [0.4, 0.5) is 0 Å². The van der Waals surface area contributed by atoms with E-state index in [1.165, 1.54) is 0 Å². The summed E-state index contributed by atoms with van der Waals surface area (Å²) in [4.78, 5) is 5.10. The Morgan fingerprint density at radius 3 is 2.45 bits per heavy atom. The Bertz CT molecular complexity index is 468. The maximum absolute atomic E-state index is 6.34. The summed E-state index contributed by atoms with van der Waals surface area (Å²) >= 11 is 12.5. The Kier molecular flexibility index (Phi) is 4.53. The number of hydrogen-bond donors (Lipinski definition) is 1. The number of hydrogen-bond acceptors (Lipinski definition) is 3. The predicted molar refractivity (Wildman–Crippen MR) is 84.7 cm³/mol. The Hall–Kier alpha value is -0.320. The highest BCUT2D eigenvalue weighted by atomic mass is 35.5. The van der Waals surface area contributed by atoms with Gasteiger partial charge in [-0.2, -0.15) is 0 Å². The van der Waals surface area contributed by atoms with Gasteiger partial charge in [0.1, 0.15) is 0 Å². The van der Waals surface area contributed by atoms with Crippen LogP contribution in [0.15, 0.2) is 18.2 Å². The third-order valence-corrected chi connectivity index (χ3v) is 5.44. The highest BCUT2D eigenvalue weighted by Gasteiger charge is 2.29. The van der Waals surface area contributed by atoms with E-state index in [-0.39, 0.29) is 0 Å². The molecule has 0 saturated carbocycles. The van der Waals surface area contributed by atoms with Gasteiger partial charge in [0.05, 0.1) is 10.0 Å². The third kappa shape index (κ3) is 2.83. The Morgan fingerprint density at radius 1 is 1.15 bits per heavy atom. The van der Waals surface area contributed by atoms with E-state index in [0.717, 1.165) is 50.9 Å².